The topological polar surface area (TPSA) is 55.9 Å². The highest BCUT2D eigenvalue weighted by molar-refractivity contribution is 5.41. The lowest BCUT2D eigenvalue weighted by atomic mass is 9.73. The summed E-state index contributed by atoms with van der Waals surface area (Å²) < 4.78 is 2.02. The maximum Gasteiger partial charge on any atom is 0.127 e. The SMILES string of the molecule is Cn1ccnc1C(NN)C1Cc2ccccc21. The maximum atomic E-state index is 5.70. The van der Waals surface area contributed by atoms with Gasteiger partial charge in [-0.1, -0.05) is 24.3 Å². The third-order valence-electron chi connectivity index (χ3n) is 3.61. The van der Waals surface area contributed by atoms with Crippen LogP contribution in [0.1, 0.15) is 28.9 Å². The molecule has 2 atom stereocenters. The molecule has 0 fully saturated rings. The number of rotatable bonds is 3. The van der Waals surface area contributed by atoms with Crippen LogP contribution in [0.4, 0.5) is 0 Å². The minimum absolute atomic E-state index is 0.0879. The summed E-state index contributed by atoms with van der Waals surface area (Å²) in [6.07, 6.45) is 4.83. The van der Waals surface area contributed by atoms with E-state index in [1.54, 1.807) is 0 Å². The van der Waals surface area contributed by atoms with Gasteiger partial charge >= 0.3 is 0 Å². The molecule has 0 spiro atoms. The molecular formula is C13H16N4. The Labute approximate surface area is 100 Å². The number of benzene rings is 1. The van der Waals surface area contributed by atoms with E-state index in [9.17, 15) is 0 Å². The number of hydrogen-bond donors (Lipinski definition) is 2. The second-order valence-electron chi connectivity index (χ2n) is 4.55. The number of nitrogens with two attached hydrogens (primary N) is 1. The van der Waals surface area contributed by atoms with E-state index in [2.05, 4.69) is 34.7 Å². The van der Waals surface area contributed by atoms with Gasteiger partial charge in [-0.3, -0.25) is 5.84 Å². The predicted octanol–water partition coefficient (Wildman–Crippen LogP) is 1.26. The van der Waals surface area contributed by atoms with Crippen molar-refractivity contribution in [2.24, 2.45) is 12.9 Å². The Bertz CT molecular complexity index is 532. The molecule has 1 aromatic heterocycles. The lowest BCUT2D eigenvalue weighted by Crippen LogP contribution is -2.38. The van der Waals surface area contributed by atoms with Crippen LogP contribution in [-0.4, -0.2) is 9.55 Å². The van der Waals surface area contributed by atoms with Crippen molar-refractivity contribution < 1.29 is 0 Å². The first-order chi connectivity index (χ1) is 8.31. The third-order valence-corrected chi connectivity index (χ3v) is 3.61. The van der Waals surface area contributed by atoms with Crippen LogP contribution in [0.2, 0.25) is 0 Å². The molecule has 3 rings (SSSR count). The molecule has 88 valence electrons. The fourth-order valence-corrected chi connectivity index (χ4v) is 2.64. The molecule has 1 aliphatic rings. The zero-order chi connectivity index (χ0) is 11.8. The Hall–Kier alpha value is -1.65. The normalized spacial score (nSPS) is 19.5. The molecule has 2 unspecified atom stereocenters. The van der Waals surface area contributed by atoms with Crippen molar-refractivity contribution >= 4 is 0 Å². The van der Waals surface area contributed by atoms with Crippen molar-refractivity contribution in [3.05, 3.63) is 53.6 Å². The molecule has 2 aromatic rings. The van der Waals surface area contributed by atoms with Crippen molar-refractivity contribution in [2.45, 2.75) is 18.4 Å². The molecule has 17 heavy (non-hydrogen) atoms. The number of imidazole rings is 1. The summed E-state index contributed by atoms with van der Waals surface area (Å²) >= 11 is 0. The van der Waals surface area contributed by atoms with Gasteiger partial charge in [-0.25, -0.2) is 10.4 Å². The number of nitrogens with one attached hydrogen (secondary N) is 1. The van der Waals surface area contributed by atoms with Gasteiger partial charge in [0.05, 0.1) is 6.04 Å². The van der Waals surface area contributed by atoms with Crippen molar-refractivity contribution in [3.8, 4) is 0 Å². The van der Waals surface area contributed by atoms with Gasteiger partial charge in [-0.05, 0) is 17.5 Å². The Balaban J connectivity index is 1.93. The van der Waals surface area contributed by atoms with Crippen molar-refractivity contribution in [1.82, 2.24) is 15.0 Å². The summed E-state index contributed by atoms with van der Waals surface area (Å²) in [5, 5.41) is 0. The molecule has 3 N–H and O–H groups in total. The number of hydrogen-bond acceptors (Lipinski definition) is 3. The van der Waals surface area contributed by atoms with E-state index in [0.717, 1.165) is 12.2 Å². The van der Waals surface area contributed by atoms with Crippen molar-refractivity contribution in [1.29, 1.82) is 0 Å². The molecule has 4 heteroatoms. The van der Waals surface area contributed by atoms with Gasteiger partial charge in [0.15, 0.2) is 0 Å². The lowest BCUT2D eigenvalue weighted by Gasteiger charge is -2.35. The van der Waals surface area contributed by atoms with Gasteiger partial charge in [-0.15, -0.1) is 0 Å². The molecule has 1 aromatic carbocycles. The zero-order valence-electron chi connectivity index (χ0n) is 9.80. The molecule has 0 saturated carbocycles. The van der Waals surface area contributed by atoms with Gasteiger partial charge < -0.3 is 4.57 Å². The Morgan fingerprint density at radius 3 is 2.94 bits per heavy atom. The largest absolute Gasteiger partial charge is 0.337 e. The second kappa shape index (κ2) is 3.98. The Morgan fingerprint density at radius 1 is 1.47 bits per heavy atom. The van der Waals surface area contributed by atoms with Crippen molar-refractivity contribution in [2.75, 3.05) is 0 Å². The smallest absolute Gasteiger partial charge is 0.127 e. The fraction of sp³-hybridized carbons (Fsp3) is 0.308. The minimum atomic E-state index is 0.0879. The van der Waals surface area contributed by atoms with E-state index in [-0.39, 0.29) is 6.04 Å². The average molecular weight is 228 g/mol. The lowest BCUT2D eigenvalue weighted by molar-refractivity contribution is 0.394. The van der Waals surface area contributed by atoms with E-state index in [0.29, 0.717) is 5.92 Å². The second-order valence-corrected chi connectivity index (χ2v) is 4.55. The van der Waals surface area contributed by atoms with Gasteiger partial charge in [0.1, 0.15) is 5.82 Å². The summed E-state index contributed by atoms with van der Waals surface area (Å²) in [6, 6.07) is 8.61. The summed E-state index contributed by atoms with van der Waals surface area (Å²) in [4.78, 5) is 4.38. The van der Waals surface area contributed by atoms with E-state index < -0.39 is 0 Å². The Morgan fingerprint density at radius 2 is 2.29 bits per heavy atom. The third kappa shape index (κ3) is 1.57. The molecule has 0 aliphatic heterocycles. The molecule has 0 amide bonds. The van der Waals surface area contributed by atoms with Crippen LogP contribution in [0.3, 0.4) is 0 Å². The summed E-state index contributed by atoms with van der Waals surface area (Å²) in [6.45, 7) is 0. The van der Waals surface area contributed by atoms with E-state index >= 15 is 0 Å². The predicted molar refractivity (Wildman–Crippen MR) is 66.2 cm³/mol. The first-order valence-electron chi connectivity index (χ1n) is 5.82. The quantitative estimate of drug-likeness (QED) is 0.614. The first kappa shape index (κ1) is 10.5. The highest BCUT2D eigenvalue weighted by Gasteiger charge is 2.34. The van der Waals surface area contributed by atoms with Gasteiger partial charge in [-0.2, -0.15) is 0 Å². The van der Waals surface area contributed by atoms with Crippen LogP contribution in [-0.2, 0) is 13.5 Å². The number of nitrogens with zero attached hydrogens (tertiary/aromatic N) is 2. The molecule has 1 heterocycles. The summed E-state index contributed by atoms with van der Waals surface area (Å²) in [5.74, 6) is 7.12. The average Bonchev–Trinajstić information content (AvgIpc) is 2.72. The summed E-state index contributed by atoms with van der Waals surface area (Å²) in [5.41, 5.74) is 5.72. The van der Waals surface area contributed by atoms with Crippen LogP contribution in [0.5, 0.6) is 0 Å². The molecule has 0 bridgehead atoms. The first-order valence-corrected chi connectivity index (χ1v) is 5.82. The van der Waals surface area contributed by atoms with Crippen molar-refractivity contribution in [3.63, 3.8) is 0 Å². The van der Waals surface area contributed by atoms with Gasteiger partial charge in [0, 0.05) is 25.4 Å². The maximum absolute atomic E-state index is 5.70. The Kier molecular flexibility index (Phi) is 2.46. The number of aryl methyl sites for hydroxylation is 1. The van der Waals surface area contributed by atoms with E-state index in [1.807, 2.05) is 24.0 Å². The number of hydrazine groups is 1. The minimum Gasteiger partial charge on any atom is -0.337 e. The highest BCUT2D eigenvalue weighted by atomic mass is 15.3. The van der Waals surface area contributed by atoms with E-state index in [1.165, 1.54) is 11.1 Å². The highest BCUT2D eigenvalue weighted by Crippen LogP contribution is 2.42. The molecule has 4 nitrogen and oxygen atoms in total. The monoisotopic (exact) mass is 228 g/mol. The fourth-order valence-electron chi connectivity index (χ4n) is 2.64. The molecule has 0 saturated heterocycles. The molecular weight excluding hydrogens is 212 g/mol. The van der Waals surface area contributed by atoms with Crippen LogP contribution in [0.15, 0.2) is 36.7 Å². The molecule has 0 radical (unpaired) electrons. The standard InChI is InChI=1S/C13H16N4/c1-17-7-6-15-13(17)12(16-14)11-8-9-4-2-3-5-10(9)11/h2-7,11-12,16H,8,14H2,1H3. The van der Waals surface area contributed by atoms with Crippen LogP contribution >= 0.6 is 0 Å². The van der Waals surface area contributed by atoms with E-state index in [4.69, 9.17) is 5.84 Å². The number of aromatic nitrogens is 2. The van der Waals surface area contributed by atoms with Crippen LogP contribution in [0.25, 0.3) is 0 Å². The number of fused-ring (bicyclic) bond motifs is 1. The zero-order valence-corrected chi connectivity index (χ0v) is 9.80. The van der Waals surface area contributed by atoms with Gasteiger partial charge in [0.2, 0.25) is 0 Å². The van der Waals surface area contributed by atoms with Gasteiger partial charge in [0.25, 0.3) is 0 Å². The van der Waals surface area contributed by atoms with Crippen LogP contribution in [0, 0.1) is 0 Å². The summed E-state index contributed by atoms with van der Waals surface area (Å²) in [7, 11) is 2.00. The molecule has 1 aliphatic carbocycles. The van der Waals surface area contributed by atoms with Crippen LogP contribution < -0.4 is 11.3 Å².